The fourth-order valence-corrected chi connectivity index (χ4v) is 1.85. The maximum Gasteiger partial charge on any atom is 0.305 e. The van der Waals surface area contributed by atoms with E-state index in [9.17, 15) is 4.79 Å². The number of esters is 1. The summed E-state index contributed by atoms with van der Waals surface area (Å²) in [5, 5.41) is 6.67. The Morgan fingerprint density at radius 1 is 1.27 bits per heavy atom. The molecule has 0 aromatic carbocycles. The number of nitrogens with zero attached hydrogens (tertiary/aromatic N) is 1. The van der Waals surface area contributed by atoms with Crippen LogP contribution in [0.1, 0.15) is 59.8 Å². The second-order valence-corrected chi connectivity index (χ2v) is 6.68. The Morgan fingerprint density at radius 2 is 1.91 bits per heavy atom. The second-order valence-electron chi connectivity index (χ2n) is 6.68. The van der Waals surface area contributed by atoms with Crippen molar-refractivity contribution in [3.8, 4) is 0 Å². The number of halogens is 1. The van der Waals surface area contributed by atoms with Crippen LogP contribution in [0.25, 0.3) is 0 Å². The normalized spacial score (nSPS) is 13.1. The first-order valence-corrected chi connectivity index (χ1v) is 7.82. The lowest BCUT2D eigenvalue weighted by Gasteiger charge is -2.23. The molecule has 6 heteroatoms. The van der Waals surface area contributed by atoms with E-state index in [2.05, 4.69) is 48.1 Å². The molecule has 22 heavy (non-hydrogen) atoms. The molecule has 0 aromatic rings. The van der Waals surface area contributed by atoms with Crippen molar-refractivity contribution in [2.45, 2.75) is 65.8 Å². The van der Waals surface area contributed by atoms with Gasteiger partial charge in [0.1, 0.15) is 0 Å². The molecule has 0 amide bonds. The van der Waals surface area contributed by atoms with E-state index in [4.69, 9.17) is 0 Å². The van der Waals surface area contributed by atoms with Gasteiger partial charge in [0.2, 0.25) is 0 Å². The summed E-state index contributed by atoms with van der Waals surface area (Å²) in [6.07, 6.45) is 4.53. The van der Waals surface area contributed by atoms with Crippen molar-refractivity contribution in [2.24, 2.45) is 10.4 Å². The van der Waals surface area contributed by atoms with Crippen LogP contribution in [-0.2, 0) is 9.53 Å². The summed E-state index contributed by atoms with van der Waals surface area (Å²) in [6, 6.07) is 0.394. The molecule has 0 aliphatic heterocycles. The number of unbranched alkanes of at least 4 members (excludes halogenated alkanes) is 1. The van der Waals surface area contributed by atoms with Gasteiger partial charge in [-0.05, 0) is 38.0 Å². The van der Waals surface area contributed by atoms with Gasteiger partial charge in [-0.25, -0.2) is 0 Å². The van der Waals surface area contributed by atoms with Crippen LogP contribution in [-0.4, -0.2) is 38.7 Å². The Balaban J connectivity index is 0. The summed E-state index contributed by atoms with van der Waals surface area (Å²) in [5.74, 6) is 0.683. The first kappa shape index (κ1) is 23.7. The summed E-state index contributed by atoms with van der Waals surface area (Å²) in [4.78, 5) is 15.2. The predicted molar refractivity (Wildman–Crippen MR) is 104 cm³/mol. The highest BCUT2D eigenvalue weighted by molar-refractivity contribution is 14.0. The van der Waals surface area contributed by atoms with E-state index in [0.29, 0.717) is 17.9 Å². The maximum atomic E-state index is 11.0. The van der Waals surface area contributed by atoms with Gasteiger partial charge in [0.15, 0.2) is 5.96 Å². The number of carbonyl (C=O) groups excluding carboxylic acids is 1. The van der Waals surface area contributed by atoms with Gasteiger partial charge < -0.3 is 15.4 Å². The molecule has 1 unspecified atom stereocenters. The van der Waals surface area contributed by atoms with Gasteiger partial charge >= 0.3 is 5.97 Å². The van der Waals surface area contributed by atoms with Crippen molar-refractivity contribution >= 4 is 35.9 Å². The van der Waals surface area contributed by atoms with Crippen molar-refractivity contribution in [2.75, 3.05) is 20.7 Å². The molecule has 0 saturated carbocycles. The standard InChI is InChI=1S/C16H33N3O2.HI/c1-13(10-11-16(2,3)4)19-15(17-5)18-12-8-7-9-14(20)21-6;/h13H,7-12H2,1-6H3,(H2,17,18,19);1H. The molecule has 0 radical (unpaired) electrons. The quantitative estimate of drug-likeness (QED) is 0.205. The molecule has 0 aromatic heterocycles. The highest BCUT2D eigenvalue weighted by atomic mass is 127. The van der Waals surface area contributed by atoms with Crippen LogP contribution in [0.15, 0.2) is 4.99 Å². The van der Waals surface area contributed by atoms with Crippen LogP contribution in [0.3, 0.4) is 0 Å². The van der Waals surface area contributed by atoms with Crippen LogP contribution in [0, 0.1) is 5.41 Å². The third-order valence-corrected chi connectivity index (χ3v) is 3.26. The zero-order valence-corrected chi connectivity index (χ0v) is 17.3. The molecule has 0 saturated heterocycles. The summed E-state index contributed by atoms with van der Waals surface area (Å²) in [5.41, 5.74) is 0.362. The molecule has 0 bridgehead atoms. The van der Waals surface area contributed by atoms with Crippen LogP contribution < -0.4 is 10.6 Å². The van der Waals surface area contributed by atoms with Gasteiger partial charge in [-0.15, -0.1) is 24.0 Å². The minimum Gasteiger partial charge on any atom is -0.469 e. The van der Waals surface area contributed by atoms with E-state index in [0.717, 1.165) is 31.8 Å². The molecule has 132 valence electrons. The van der Waals surface area contributed by atoms with Crippen molar-refractivity contribution in [1.29, 1.82) is 0 Å². The minimum atomic E-state index is -0.145. The number of hydrogen-bond donors (Lipinski definition) is 2. The van der Waals surface area contributed by atoms with Crippen LogP contribution >= 0.6 is 24.0 Å². The number of hydrogen-bond acceptors (Lipinski definition) is 3. The van der Waals surface area contributed by atoms with Gasteiger partial charge in [-0.2, -0.15) is 0 Å². The van der Waals surface area contributed by atoms with Gasteiger partial charge in [-0.3, -0.25) is 9.79 Å². The number of carbonyl (C=O) groups is 1. The number of rotatable bonds is 8. The third-order valence-electron chi connectivity index (χ3n) is 3.26. The highest BCUT2D eigenvalue weighted by Gasteiger charge is 2.13. The molecular weight excluding hydrogens is 393 g/mol. The van der Waals surface area contributed by atoms with E-state index in [1.807, 2.05) is 0 Å². The average molecular weight is 427 g/mol. The molecule has 0 fully saturated rings. The molecule has 0 aliphatic rings. The first-order valence-electron chi connectivity index (χ1n) is 7.82. The van der Waals surface area contributed by atoms with Gasteiger partial charge in [0.25, 0.3) is 0 Å². The Kier molecular flexibility index (Phi) is 14.0. The SMILES string of the molecule is CN=C(NCCCCC(=O)OC)NC(C)CCC(C)(C)C.I. The van der Waals surface area contributed by atoms with Gasteiger partial charge in [-0.1, -0.05) is 20.8 Å². The molecule has 0 aliphatic carbocycles. The van der Waals surface area contributed by atoms with Gasteiger partial charge in [0.05, 0.1) is 7.11 Å². The fraction of sp³-hybridized carbons (Fsp3) is 0.875. The largest absolute Gasteiger partial charge is 0.469 e. The Bertz CT molecular complexity index is 328. The molecule has 5 nitrogen and oxygen atoms in total. The maximum absolute atomic E-state index is 11.0. The smallest absolute Gasteiger partial charge is 0.305 e. The molecule has 2 N–H and O–H groups in total. The monoisotopic (exact) mass is 427 g/mol. The summed E-state index contributed by atoms with van der Waals surface area (Å²) in [7, 11) is 3.20. The van der Waals surface area contributed by atoms with Crippen molar-refractivity contribution in [1.82, 2.24) is 10.6 Å². The van der Waals surface area contributed by atoms with E-state index in [1.165, 1.54) is 13.5 Å². The lowest BCUT2D eigenvalue weighted by Crippen LogP contribution is -2.42. The average Bonchev–Trinajstić information content (AvgIpc) is 2.42. The minimum absolute atomic E-state index is 0. The van der Waals surface area contributed by atoms with E-state index >= 15 is 0 Å². The summed E-state index contributed by atoms with van der Waals surface area (Å²) in [6.45, 7) is 9.76. The second kappa shape index (κ2) is 13.0. The van der Waals surface area contributed by atoms with E-state index in [-0.39, 0.29) is 29.9 Å². The zero-order chi connectivity index (χ0) is 16.3. The Hall–Kier alpha value is -0.530. The topological polar surface area (TPSA) is 62.7 Å². The lowest BCUT2D eigenvalue weighted by atomic mass is 9.89. The Morgan fingerprint density at radius 3 is 2.41 bits per heavy atom. The number of ether oxygens (including phenoxy) is 1. The predicted octanol–water partition coefficient (Wildman–Crippen LogP) is 3.33. The molecular formula is C16H34IN3O2. The van der Waals surface area contributed by atoms with Crippen molar-refractivity contribution in [3.63, 3.8) is 0 Å². The number of nitrogens with one attached hydrogen (secondary N) is 2. The van der Waals surface area contributed by atoms with Crippen molar-refractivity contribution in [3.05, 3.63) is 0 Å². The van der Waals surface area contributed by atoms with Gasteiger partial charge in [0, 0.05) is 26.1 Å². The molecule has 0 spiro atoms. The molecule has 0 heterocycles. The van der Waals surface area contributed by atoms with Crippen LogP contribution in [0.2, 0.25) is 0 Å². The lowest BCUT2D eigenvalue weighted by molar-refractivity contribution is -0.140. The third kappa shape index (κ3) is 14.4. The Labute approximate surface area is 153 Å². The van der Waals surface area contributed by atoms with E-state index < -0.39 is 0 Å². The summed E-state index contributed by atoms with van der Waals surface area (Å²) < 4.78 is 4.61. The van der Waals surface area contributed by atoms with Crippen LogP contribution in [0.4, 0.5) is 0 Å². The number of aliphatic imine (C=N–C) groups is 1. The number of guanidine groups is 1. The van der Waals surface area contributed by atoms with Crippen LogP contribution in [0.5, 0.6) is 0 Å². The number of methoxy groups -OCH3 is 1. The summed E-state index contributed by atoms with van der Waals surface area (Å²) >= 11 is 0. The first-order chi connectivity index (χ1) is 9.78. The zero-order valence-electron chi connectivity index (χ0n) is 15.0. The highest BCUT2D eigenvalue weighted by Crippen LogP contribution is 2.21. The van der Waals surface area contributed by atoms with E-state index in [1.54, 1.807) is 7.05 Å². The molecule has 0 rings (SSSR count). The van der Waals surface area contributed by atoms with Crippen molar-refractivity contribution < 1.29 is 9.53 Å². The molecule has 1 atom stereocenters. The fourth-order valence-electron chi connectivity index (χ4n) is 1.85.